The van der Waals surface area contributed by atoms with Crippen LogP contribution in [0, 0.1) is 13.8 Å². The van der Waals surface area contributed by atoms with Crippen molar-refractivity contribution in [1.82, 2.24) is 9.62 Å². The summed E-state index contributed by atoms with van der Waals surface area (Å²) < 4.78 is 33.9. The molecule has 0 unspecified atom stereocenters. The number of carbonyl (C=O) groups is 1. The maximum absolute atomic E-state index is 13.3. The number of aliphatic imine (C=N–C) groups is 1. The minimum absolute atomic E-state index is 0.0935. The van der Waals surface area contributed by atoms with Crippen LogP contribution in [0.25, 0.3) is 6.08 Å². The van der Waals surface area contributed by atoms with Gasteiger partial charge in [-0.15, -0.1) is 0 Å². The lowest BCUT2D eigenvalue weighted by molar-refractivity contribution is -0.124. The Labute approximate surface area is 235 Å². The van der Waals surface area contributed by atoms with Gasteiger partial charge < -0.3 is 20.1 Å². The number of rotatable bonds is 5. The molecular weight excluding hydrogens is 528 g/mol. The van der Waals surface area contributed by atoms with Crippen molar-refractivity contribution in [1.29, 1.82) is 0 Å². The van der Waals surface area contributed by atoms with E-state index in [2.05, 4.69) is 27.3 Å². The number of amidine groups is 1. The van der Waals surface area contributed by atoms with E-state index in [0.717, 1.165) is 41.8 Å². The van der Waals surface area contributed by atoms with Gasteiger partial charge in [0.2, 0.25) is 10.0 Å². The third-order valence-electron chi connectivity index (χ3n) is 9.03. The van der Waals surface area contributed by atoms with Gasteiger partial charge in [-0.1, -0.05) is 12.8 Å². The van der Waals surface area contributed by atoms with E-state index >= 15 is 0 Å². The number of sulfonamides is 1. The highest BCUT2D eigenvalue weighted by Crippen LogP contribution is 2.42. The van der Waals surface area contributed by atoms with E-state index in [0.29, 0.717) is 31.0 Å². The lowest BCUT2D eigenvalue weighted by atomic mass is 9.89. The largest absolute Gasteiger partial charge is 0.508 e. The molecule has 2 aromatic rings. The predicted octanol–water partition coefficient (Wildman–Crippen LogP) is 3.83. The SMILES string of the molecule is Cc1cc(N2COCC23CCCC3)cc(C)c1/C=C/S(=O)(=O)N1CCC2(CC1)N=C(c1ccc(O)cc1)NC2=O. The van der Waals surface area contributed by atoms with Gasteiger partial charge in [-0.3, -0.25) is 9.79 Å². The Hall–Kier alpha value is -3.21. The lowest BCUT2D eigenvalue weighted by Gasteiger charge is -2.35. The quantitative estimate of drug-likeness (QED) is 0.571. The van der Waals surface area contributed by atoms with Crippen LogP contribution in [-0.2, 0) is 19.6 Å². The van der Waals surface area contributed by atoms with Gasteiger partial charge >= 0.3 is 0 Å². The van der Waals surface area contributed by atoms with Crippen LogP contribution in [0.1, 0.15) is 60.8 Å². The number of piperidine rings is 1. The lowest BCUT2D eigenvalue weighted by Crippen LogP contribution is -2.50. The normalized spacial score (nSPS) is 22.5. The molecule has 1 aliphatic carbocycles. The summed E-state index contributed by atoms with van der Waals surface area (Å²) in [5.74, 6) is 0.377. The van der Waals surface area contributed by atoms with Crippen molar-refractivity contribution in [3.63, 3.8) is 0 Å². The summed E-state index contributed by atoms with van der Waals surface area (Å²) in [6, 6.07) is 10.8. The van der Waals surface area contributed by atoms with Gasteiger partial charge in [-0.25, -0.2) is 8.42 Å². The van der Waals surface area contributed by atoms with Crippen LogP contribution >= 0.6 is 0 Å². The third-order valence-corrected chi connectivity index (χ3v) is 10.6. The summed E-state index contributed by atoms with van der Waals surface area (Å²) in [5, 5.41) is 13.7. The Bertz CT molecular complexity index is 1460. The Morgan fingerprint density at radius 1 is 1.02 bits per heavy atom. The fourth-order valence-corrected chi connectivity index (χ4v) is 7.84. The zero-order valence-electron chi connectivity index (χ0n) is 23.0. The Balaban J connectivity index is 1.15. The second-order valence-electron chi connectivity index (χ2n) is 11.6. The molecule has 1 amide bonds. The van der Waals surface area contributed by atoms with Gasteiger partial charge in [0.15, 0.2) is 0 Å². The Morgan fingerprint density at radius 3 is 2.33 bits per heavy atom. The van der Waals surface area contributed by atoms with Crippen LogP contribution in [0.3, 0.4) is 0 Å². The number of aryl methyl sites for hydroxylation is 2. The Kier molecular flexibility index (Phi) is 6.75. The van der Waals surface area contributed by atoms with Gasteiger partial charge in [-0.05, 0) is 98.7 Å². The topological polar surface area (TPSA) is 112 Å². The molecule has 3 aliphatic heterocycles. The minimum Gasteiger partial charge on any atom is -0.508 e. The average molecular weight is 565 g/mol. The van der Waals surface area contributed by atoms with E-state index in [1.807, 2.05) is 13.8 Å². The van der Waals surface area contributed by atoms with E-state index in [4.69, 9.17) is 4.74 Å². The molecule has 0 bridgehead atoms. The molecule has 9 nitrogen and oxygen atoms in total. The number of phenolic OH excluding ortho intramolecular Hbond substituents is 1. The predicted molar refractivity (Wildman–Crippen MR) is 155 cm³/mol. The zero-order chi connectivity index (χ0) is 28.1. The molecular formula is C30H36N4O5S. The number of hydrogen-bond donors (Lipinski definition) is 2. The molecule has 10 heteroatoms. The monoisotopic (exact) mass is 564 g/mol. The van der Waals surface area contributed by atoms with E-state index in [1.54, 1.807) is 30.3 Å². The third kappa shape index (κ3) is 4.71. The molecule has 40 heavy (non-hydrogen) atoms. The van der Waals surface area contributed by atoms with Crippen molar-refractivity contribution in [3.8, 4) is 5.75 Å². The molecule has 2 saturated heterocycles. The van der Waals surface area contributed by atoms with Crippen LogP contribution in [0.4, 0.5) is 5.69 Å². The van der Waals surface area contributed by atoms with Gasteiger partial charge in [0.25, 0.3) is 5.91 Å². The molecule has 0 radical (unpaired) electrons. The molecule has 4 aliphatic rings. The van der Waals surface area contributed by atoms with Crippen LogP contribution in [0.5, 0.6) is 5.75 Å². The molecule has 1 saturated carbocycles. The van der Waals surface area contributed by atoms with Crippen LogP contribution in [0.2, 0.25) is 0 Å². The Morgan fingerprint density at radius 2 is 1.68 bits per heavy atom. The van der Waals surface area contributed by atoms with Crippen molar-refractivity contribution in [3.05, 3.63) is 64.1 Å². The number of carbonyl (C=O) groups excluding carboxylic acids is 1. The number of nitrogens with zero attached hydrogens (tertiary/aromatic N) is 3. The summed E-state index contributed by atoms with van der Waals surface area (Å²) in [4.78, 5) is 20.0. The van der Waals surface area contributed by atoms with Crippen LogP contribution in [0.15, 0.2) is 46.8 Å². The van der Waals surface area contributed by atoms with Gasteiger partial charge in [0, 0.05) is 29.7 Å². The van der Waals surface area contributed by atoms with Crippen LogP contribution < -0.4 is 10.2 Å². The first-order chi connectivity index (χ1) is 19.1. The highest BCUT2D eigenvalue weighted by atomic mass is 32.2. The fourth-order valence-electron chi connectivity index (χ4n) is 6.67. The number of hydrogen-bond acceptors (Lipinski definition) is 7. The number of anilines is 1. The molecule has 2 N–H and O–H groups in total. The van der Waals surface area contributed by atoms with Crippen LogP contribution in [-0.4, -0.2) is 67.1 Å². The van der Waals surface area contributed by atoms with Crippen molar-refractivity contribution in [2.24, 2.45) is 4.99 Å². The molecule has 212 valence electrons. The smallest absolute Gasteiger partial charge is 0.253 e. The maximum Gasteiger partial charge on any atom is 0.253 e. The van der Waals surface area contributed by atoms with Crippen molar-refractivity contribution >= 4 is 33.5 Å². The van der Waals surface area contributed by atoms with E-state index < -0.39 is 15.6 Å². The average Bonchev–Trinajstić information content (AvgIpc) is 3.65. The van der Waals surface area contributed by atoms with Gasteiger partial charge in [0.05, 0.1) is 12.1 Å². The molecule has 2 aromatic carbocycles. The van der Waals surface area contributed by atoms with E-state index in [-0.39, 0.29) is 30.3 Å². The zero-order valence-corrected chi connectivity index (χ0v) is 23.8. The second kappa shape index (κ2) is 10.0. The molecule has 2 spiro atoms. The summed E-state index contributed by atoms with van der Waals surface area (Å²) in [5.41, 5.74) is 3.92. The molecule has 3 heterocycles. The minimum atomic E-state index is -3.68. The second-order valence-corrected chi connectivity index (χ2v) is 13.4. The molecule has 0 aromatic heterocycles. The fraction of sp³-hybridized carbons (Fsp3) is 0.467. The van der Waals surface area contributed by atoms with Crippen molar-refractivity contribution in [2.45, 2.75) is 63.5 Å². The van der Waals surface area contributed by atoms with E-state index in [1.165, 1.54) is 22.6 Å². The first-order valence-electron chi connectivity index (χ1n) is 14.0. The number of aromatic hydroxyl groups is 1. The summed E-state index contributed by atoms with van der Waals surface area (Å²) in [7, 11) is -3.68. The van der Waals surface area contributed by atoms with Gasteiger partial charge in [0.1, 0.15) is 23.9 Å². The number of ether oxygens (including phenoxy) is 1. The first-order valence-corrected chi connectivity index (χ1v) is 15.5. The van der Waals surface area contributed by atoms with Gasteiger partial charge in [-0.2, -0.15) is 4.31 Å². The molecule has 0 atom stereocenters. The number of nitrogens with one attached hydrogen (secondary N) is 1. The van der Waals surface area contributed by atoms with E-state index in [9.17, 15) is 18.3 Å². The van der Waals surface area contributed by atoms with Crippen molar-refractivity contribution in [2.75, 3.05) is 31.3 Å². The number of amides is 1. The standard InChI is InChI=1S/C30H36N4O5S/c1-21-17-24(34-20-39-19-29(34)10-3-4-11-29)18-22(2)26(21)9-16-40(37,38)33-14-12-30(13-15-33)28(36)31-27(32-30)23-5-7-25(35)8-6-23/h5-9,16-18,35H,3-4,10-15,19-20H2,1-2H3,(H,31,32,36)/b16-9+. The summed E-state index contributed by atoms with van der Waals surface area (Å²) in [6.45, 7) is 5.83. The number of phenols is 1. The highest BCUT2D eigenvalue weighted by molar-refractivity contribution is 7.92. The highest BCUT2D eigenvalue weighted by Gasteiger charge is 2.47. The summed E-state index contributed by atoms with van der Waals surface area (Å²) in [6.07, 6.45) is 7.05. The molecule has 3 fully saturated rings. The first kappa shape index (κ1) is 27.0. The maximum atomic E-state index is 13.3. The summed E-state index contributed by atoms with van der Waals surface area (Å²) >= 11 is 0. The van der Waals surface area contributed by atoms with Crippen molar-refractivity contribution < 1.29 is 23.1 Å². The molecule has 6 rings (SSSR count). The number of benzene rings is 2.